The topological polar surface area (TPSA) is 36.3 Å². The molecular weight excluding hydrogens is 360 g/mol. The molecule has 2 aromatic rings. The minimum atomic E-state index is -0.613. The predicted octanol–water partition coefficient (Wildman–Crippen LogP) is 2.79. The van der Waals surface area contributed by atoms with E-state index in [9.17, 15) is 8.78 Å². The minimum Gasteiger partial charge on any atom is -0.311 e. The zero-order chi connectivity index (χ0) is 20.3. The van der Waals surface area contributed by atoms with Gasteiger partial charge in [0.05, 0.1) is 5.69 Å². The highest BCUT2D eigenvalue weighted by molar-refractivity contribution is 5.36. The van der Waals surface area contributed by atoms with Crippen molar-refractivity contribution in [3.05, 3.63) is 47.3 Å². The third-order valence-corrected chi connectivity index (χ3v) is 5.17. The molecule has 1 saturated heterocycles. The number of aromatic nitrogens is 2. The Kier molecular flexibility index (Phi) is 6.47. The first kappa shape index (κ1) is 20.9. The van der Waals surface area contributed by atoms with Gasteiger partial charge in [0.1, 0.15) is 11.5 Å². The quantitative estimate of drug-likeness (QED) is 0.769. The van der Waals surface area contributed by atoms with Crippen LogP contribution in [-0.2, 0) is 12.0 Å². The molecule has 3 rings (SSSR count). The monoisotopic (exact) mass is 391 g/mol. The third kappa shape index (κ3) is 5.16. The van der Waals surface area contributed by atoms with E-state index in [-0.39, 0.29) is 11.1 Å². The Hall–Kier alpha value is -1.83. The van der Waals surface area contributed by atoms with E-state index in [1.54, 1.807) is 0 Å². The predicted molar refractivity (Wildman–Crippen MR) is 108 cm³/mol. The molecule has 1 aliphatic heterocycles. The molecule has 1 aromatic carbocycles. The fraction of sp³-hybridized carbons (Fsp3) is 0.571. The zero-order valence-electron chi connectivity index (χ0n) is 17.3. The van der Waals surface area contributed by atoms with E-state index < -0.39 is 11.6 Å². The van der Waals surface area contributed by atoms with Gasteiger partial charge in [-0.3, -0.25) is 4.90 Å². The Balaban J connectivity index is 1.67. The van der Waals surface area contributed by atoms with Crippen LogP contribution in [0.3, 0.4) is 0 Å². The number of nitrogens with one attached hydrogen (secondary N) is 1. The normalized spacial score (nSPS) is 16.6. The summed E-state index contributed by atoms with van der Waals surface area (Å²) in [5.74, 6) is -1.20. The van der Waals surface area contributed by atoms with Crippen molar-refractivity contribution in [1.82, 2.24) is 24.9 Å². The molecule has 0 radical (unpaired) electrons. The van der Waals surface area contributed by atoms with Crippen LogP contribution >= 0.6 is 0 Å². The molecule has 0 atom stereocenters. The first-order chi connectivity index (χ1) is 13.2. The van der Waals surface area contributed by atoms with Crippen LogP contribution in [0.5, 0.6) is 0 Å². The van der Waals surface area contributed by atoms with Gasteiger partial charge in [0.25, 0.3) is 0 Å². The van der Waals surface area contributed by atoms with E-state index in [4.69, 9.17) is 0 Å². The van der Waals surface area contributed by atoms with Crippen molar-refractivity contribution in [2.24, 2.45) is 0 Å². The van der Waals surface area contributed by atoms with Gasteiger partial charge >= 0.3 is 0 Å². The maximum absolute atomic E-state index is 14.2. The van der Waals surface area contributed by atoms with Gasteiger partial charge in [0.2, 0.25) is 0 Å². The summed E-state index contributed by atoms with van der Waals surface area (Å²) in [6.07, 6.45) is 1.85. The molecule has 0 saturated carbocycles. The molecule has 154 valence electrons. The summed E-state index contributed by atoms with van der Waals surface area (Å²) in [7, 11) is 2.16. The van der Waals surface area contributed by atoms with Crippen molar-refractivity contribution in [1.29, 1.82) is 0 Å². The van der Waals surface area contributed by atoms with Gasteiger partial charge in [-0.25, -0.2) is 13.5 Å². The molecule has 5 nitrogen and oxygen atoms in total. The first-order valence-electron chi connectivity index (χ1n) is 9.90. The number of hydrogen-bond donors (Lipinski definition) is 1. The van der Waals surface area contributed by atoms with Crippen LogP contribution in [0.1, 0.15) is 32.0 Å². The maximum Gasteiger partial charge on any atom is 0.151 e. The summed E-state index contributed by atoms with van der Waals surface area (Å²) in [4.78, 5) is 4.82. The third-order valence-electron chi connectivity index (χ3n) is 5.17. The number of hydrogen-bond acceptors (Lipinski definition) is 4. The molecule has 28 heavy (non-hydrogen) atoms. The average molecular weight is 392 g/mol. The van der Waals surface area contributed by atoms with E-state index in [0.29, 0.717) is 6.54 Å². The van der Waals surface area contributed by atoms with E-state index in [2.05, 4.69) is 48.0 Å². The summed E-state index contributed by atoms with van der Waals surface area (Å²) in [5.41, 5.74) is 2.05. The van der Waals surface area contributed by atoms with E-state index in [0.717, 1.165) is 56.6 Å². The number of rotatable bonds is 6. The standard InChI is InChI=1S/C21H31F2N5/c1-21(2,3)20-16(14-24-7-8-27-11-9-26(4)10-12-27)15-28(25-20)19-6-5-17(22)13-18(19)23/h5-6,13,15,24H,7-12,14H2,1-4H3. The second-order valence-electron chi connectivity index (χ2n) is 8.61. The molecule has 7 heteroatoms. The number of halogens is 2. The molecule has 1 aliphatic rings. The SMILES string of the molecule is CN1CCN(CCNCc2cn(-c3ccc(F)cc3F)nc2C(C)(C)C)CC1. The summed E-state index contributed by atoms with van der Waals surface area (Å²) >= 11 is 0. The number of benzene rings is 1. The second kappa shape index (κ2) is 8.68. The van der Waals surface area contributed by atoms with Gasteiger partial charge in [-0.1, -0.05) is 20.8 Å². The molecule has 0 bridgehead atoms. The minimum absolute atomic E-state index is 0.170. The number of nitrogens with zero attached hydrogens (tertiary/aromatic N) is 4. The summed E-state index contributed by atoms with van der Waals surface area (Å²) < 4.78 is 28.9. The second-order valence-corrected chi connectivity index (χ2v) is 8.61. The Morgan fingerprint density at radius 2 is 1.82 bits per heavy atom. The highest BCUT2D eigenvalue weighted by Gasteiger charge is 2.23. The van der Waals surface area contributed by atoms with Crippen LogP contribution in [0, 0.1) is 11.6 Å². The van der Waals surface area contributed by atoms with Crippen molar-refractivity contribution in [2.75, 3.05) is 46.3 Å². The van der Waals surface area contributed by atoms with Gasteiger partial charge in [0, 0.05) is 69.1 Å². The van der Waals surface area contributed by atoms with E-state index >= 15 is 0 Å². The number of piperazine rings is 1. The van der Waals surface area contributed by atoms with Crippen molar-refractivity contribution in [2.45, 2.75) is 32.7 Å². The lowest BCUT2D eigenvalue weighted by Crippen LogP contribution is -2.46. The lowest BCUT2D eigenvalue weighted by Gasteiger charge is -2.32. The van der Waals surface area contributed by atoms with E-state index in [1.807, 2.05) is 6.20 Å². The van der Waals surface area contributed by atoms with Crippen molar-refractivity contribution >= 4 is 0 Å². The maximum atomic E-state index is 14.2. The molecule has 0 aliphatic carbocycles. The van der Waals surface area contributed by atoms with Crippen molar-refractivity contribution in [3.63, 3.8) is 0 Å². The fourth-order valence-electron chi connectivity index (χ4n) is 3.49. The Morgan fingerprint density at radius 3 is 2.46 bits per heavy atom. The lowest BCUT2D eigenvalue weighted by molar-refractivity contribution is 0.154. The van der Waals surface area contributed by atoms with Crippen LogP contribution in [0.25, 0.3) is 5.69 Å². The highest BCUT2D eigenvalue weighted by atomic mass is 19.1. The fourth-order valence-corrected chi connectivity index (χ4v) is 3.49. The molecule has 2 heterocycles. The lowest BCUT2D eigenvalue weighted by atomic mass is 9.89. The zero-order valence-corrected chi connectivity index (χ0v) is 17.3. The largest absolute Gasteiger partial charge is 0.311 e. The average Bonchev–Trinajstić information content (AvgIpc) is 3.04. The molecule has 0 amide bonds. The molecule has 1 N–H and O–H groups in total. The van der Waals surface area contributed by atoms with Crippen LogP contribution in [0.4, 0.5) is 8.78 Å². The Bertz CT molecular complexity index is 789. The van der Waals surface area contributed by atoms with Gasteiger partial charge in [-0.05, 0) is 19.2 Å². The first-order valence-corrected chi connectivity index (χ1v) is 9.90. The Morgan fingerprint density at radius 1 is 1.11 bits per heavy atom. The Labute approximate surface area is 166 Å². The van der Waals surface area contributed by atoms with Gasteiger partial charge in [0.15, 0.2) is 5.82 Å². The number of likely N-dealkylation sites (N-methyl/N-ethyl adjacent to an activating group) is 1. The van der Waals surface area contributed by atoms with Crippen LogP contribution in [-0.4, -0.2) is 65.9 Å². The molecule has 1 aromatic heterocycles. The smallest absolute Gasteiger partial charge is 0.151 e. The van der Waals surface area contributed by atoms with Crippen LogP contribution in [0.15, 0.2) is 24.4 Å². The van der Waals surface area contributed by atoms with Crippen molar-refractivity contribution in [3.8, 4) is 5.69 Å². The van der Waals surface area contributed by atoms with Crippen LogP contribution < -0.4 is 5.32 Å². The summed E-state index contributed by atoms with van der Waals surface area (Å²) in [5, 5.41) is 8.12. The van der Waals surface area contributed by atoms with Crippen molar-refractivity contribution < 1.29 is 8.78 Å². The van der Waals surface area contributed by atoms with Gasteiger partial charge < -0.3 is 10.2 Å². The van der Waals surface area contributed by atoms with Gasteiger partial charge in [-0.2, -0.15) is 5.10 Å². The highest BCUT2D eigenvalue weighted by Crippen LogP contribution is 2.26. The molecule has 0 spiro atoms. The van der Waals surface area contributed by atoms with E-state index in [1.165, 1.54) is 16.8 Å². The van der Waals surface area contributed by atoms with Gasteiger partial charge in [-0.15, -0.1) is 0 Å². The molecule has 1 fully saturated rings. The molecular formula is C21H31F2N5. The summed E-state index contributed by atoms with van der Waals surface area (Å²) in [6, 6.07) is 3.57. The molecule has 0 unspecified atom stereocenters. The summed E-state index contributed by atoms with van der Waals surface area (Å²) in [6.45, 7) is 13.3. The van der Waals surface area contributed by atoms with Crippen LogP contribution in [0.2, 0.25) is 0 Å².